The molecule has 0 unspecified atom stereocenters. The fourth-order valence-corrected chi connectivity index (χ4v) is 2.39. The predicted molar refractivity (Wildman–Crippen MR) is 75.7 cm³/mol. The fraction of sp³-hybridized carbons (Fsp3) is 0.833. The number of unbranched alkanes of at least 4 members (excludes halogenated alkanes) is 2. The van der Waals surface area contributed by atoms with Crippen molar-refractivity contribution in [1.82, 2.24) is 25.5 Å². The second kappa shape index (κ2) is 9.75. The van der Waals surface area contributed by atoms with Gasteiger partial charge in [0.05, 0.1) is 12.6 Å². The lowest BCUT2D eigenvalue weighted by atomic mass is 10.2. The van der Waals surface area contributed by atoms with Gasteiger partial charge in [-0.15, -0.1) is 5.10 Å². The molecular weight excluding hydrogens is 260 g/mol. The second-order valence-corrected chi connectivity index (χ2v) is 5.81. The number of rotatable bonds is 10. The standard InChI is InChI=1S/C12H22N6S/c1-11(2)10-14-7-8-18-12(15-16-17-18)19-9-5-3-4-6-13/h11,14H,3-5,7-10H2,1-2H3. The van der Waals surface area contributed by atoms with Crippen LogP contribution < -0.4 is 5.32 Å². The minimum atomic E-state index is 0.630. The van der Waals surface area contributed by atoms with E-state index < -0.39 is 0 Å². The summed E-state index contributed by atoms with van der Waals surface area (Å²) >= 11 is 1.66. The Morgan fingerprint density at radius 2 is 2.26 bits per heavy atom. The molecule has 0 saturated heterocycles. The third-order valence-electron chi connectivity index (χ3n) is 2.47. The second-order valence-electron chi connectivity index (χ2n) is 4.75. The van der Waals surface area contributed by atoms with Crippen molar-refractivity contribution in [3.63, 3.8) is 0 Å². The van der Waals surface area contributed by atoms with E-state index in [1.54, 1.807) is 11.8 Å². The maximum atomic E-state index is 8.45. The molecule has 0 saturated carbocycles. The molecule has 7 heteroatoms. The van der Waals surface area contributed by atoms with Crippen molar-refractivity contribution in [2.24, 2.45) is 5.92 Å². The van der Waals surface area contributed by atoms with Gasteiger partial charge >= 0.3 is 0 Å². The summed E-state index contributed by atoms with van der Waals surface area (Å²) in [5.41, 5.74) is 0. The average Bonchev–Trinajstić information content (AvgIpc) is 2.82. The van der Waals surface area contributed by atoms with E-state index in [9.17, 15) is 0 Å². The molecule has 0 atom stereocenters. The highest BCUT2D eigenvalue weighted by Gasteiger charge is 2.06. The Balaban J connectivity index is 2.20. The number of hydrogen-bond donors (Lipinski definition) is 1. The summed E-state index contributed by atoms with van der Waals surface area (Å²) in [5.74, 6) is 1.62. The van der Waals surface area contributed by atoms with Gasteiger partial charge in [-0.05, 0) is 35.7 Å². The minimum Gasteiger partial charge on any atom is -0.315 e. The van der Waals surface area contributed by atoms with Gasteiger partial charge in [-0.25, -0.2) is 4.68 Å². The highest BCUT2D eigenvalue weighted by Crippen LogP contribution is 2.15. The lowest BCUT2D eigenvalue weighted by molar-refractivity contribution is 0.482. The van der Waals surface area contributed by atoms with Crippen LogP contribution in [0.5, 0.6) is 0 Å². The van der Waals surface area contributed by atoms with Crippen LogP contribution in [0.25, 0.3) is 0 Å². The van der Waals surface area contributed by atoms with Crippen LogP contribution in [0.3, 0.4) is 0 Å². The molecule has 19 heavy (non-hydrogen) atoms. The topological polar surface area (TPSA) is 79.4 Å². The molecule has 1 heterocycles. The maximum absolute atomic E-state index is 8.45. The van der Waals surface area contributed by atoms with E-state index in [0.29, 0.717) is 12.3 Å². The van der Waals surface area contributed by atoms with Crippen LogP contribution in [0, 0.1) is 17.2 Å². The van der Waals surface area contributed by atoms with Crippen LogP contribution in [0.2, 0.25) is 0 Å². The van der Waals surface area contributed by atoms with E-state index in [1.807, 2.05) is 4.68 Å². The predicted octanol–water partition coefficient (Wildman–Crippen LogP) is 1.70. The zero-order valence-electron chi connectivity index (χ0n) is 11.7. The quantitative estimate of drug-likeness (QED) is 0.520. The van der Waals surface area contributed by atoms with Crippen molar-refractivity contribution >= 4 is 11.8 Å². The molecule has 1 aromatic heterocycles. The molecule has 0 spiro atoms. The number of nitriles is 1. The van der Waals surface area contributed by atoms with Gasteiger partial charge in [0, 0.05) is 18.7 Å². The van der Waals surface area contributed by atoms with Crippen molar-refractivity contribution in [2.75, 3.05) is 18.8 Å². The molecule has 6 nitrogen and oxygen atoms in total. The summed E-state index contributed by atoms with van der Waals surface area (Å²) in [6, 6.07) is 2.15. The lowest BCUT2D eigenvalue weighted by Crippen LogP contribution is -2.24. The van der Waals surface area contributed by atoms with E-state index in [1.165, 1.54) is 0 Å². The summed E-state index contributed by atoms with van der Waals surface area (Å²) < 4.78 is 1.84. The Kier molecular flexibility index (Phi) is 8.18. The highest BCUT2D eigenvalue weighted by molar-refractivity contribution is 7.99. The summed E-state index contributed by atoms with van der Waals surface area (Å²) in [4.78, 5) is 0. The molecule has 1 N–H and O–H groups in total. The number of nitrogens with one attached hydrogen (secondary N) is 1. The first-order chi connectivity index (χ1) is 9.24. The monoisotopic (exact) mass is 282 g/mol. The molecular formula is C12H22N6S. The van der Waals surface area contributed by atoms with Crippen molar-refractivity contribution in [2.45, 2.75) is 44.8 Å². The third-order valence-corrected chi connectivity index (χ3v) is 3.51. The van der Waals surface area contributed by atoms with Gasteiger partial charge in [0.1, 0.15) is 0 Å². The van der Waals surface area contributed by atoms with Crippen molar-refractivity contribution in [3.05, 3.63) is 0 Å². The highest BCUT2D eigenvalue weighted by atomic mass is 32.2. The Bertz CT molecular complexity index is 384. The first-order valence-electron chi connectivity index (χ1n) is 6.70. The zero-order valence-corrected chi connectivity index (χ0v) is 12.5. The van der Waals surface area contributed by atoms with Crippen LogP contribution in [-0.4, -0.2) is 39.0 Å². The van der Waals surface area contributed by atoms with Crippen molar-refractivity contribution in [3.8, 4) is 6.07 Å². The number of aromatic nitrogens is 4. The Morgan fingerprint density at radius 3 is 3.00 bits per heavy atom. The smallest absolute Gasteiger partial charge is 0.209 e. The Labute approximate surface area is 118 Å². The van der Waals surface area contributed by atoms with Gasteiger partial charge in [-0.1, -0.05) is 25.6 Å². The van der Waals surface area contributed by atoms with Crippen molar-refractivity contribution < 1.29 is 0 Å². The van der Waals surface area contributed by atoms with E-state index in [0.717, 1.165) is 43.4 Å². The lowest BCUT2D eigenvalue weighted by Gasteiger charge is -2.07. The van der Waals surface area contributed by atoms with Crippen LogP contribution in [0.1, 0.15) is 33.1 Å². The van der Waals surface area contributed by atoms with Gasteiger partial charge in [0.2, 0.25) is 5.16 Å². The molecule has 0 amide bonds. The number of tetrazole rings is 1. The van der Waals surface area contributed by atoms with E-state index in [-0.39, 0.29) is 0 Å². The van der Waals surface area contributed by atoms with Crippen LogP contribution >= 0.6 is 11.8 Å². The molecule has 106 valence electrons. The van der Waals surface area contributed by atoms with E-state index in [4.69, 9.17) is 5.26 Å². The Morgan fingerprint density at radius 1 is 1.42 bits per heavy atom. The largest absolute Gasteiger partial charge is 0.315 e. The summed E-state index contributed by atoms with van der Waals surface area (Å²) in [5, 5.41) is 24.4. The fourth-order valence-electron chi connectivity index (χ4n) is 1.49. The number of nitrogens with zero attached hydrogens (tertiary/aromatic N) is 5. The summed E-state index contributed by atoms with van der Waals surface area (Å²) in [7, 11) is 0. The molecule has 0 aromatic carbocycles. The van der Waals surface area contributed by atoms with Crippen LogP contribution in [0.15, 0.2) is 5.16 Å². The Hall–Kier alpha value is -1.13. The molecule has 0 aliphatic heterocycles. The zero-order chi connectivity index (χ0) is 13.9. The normalized spacial score (nSPS) is 10.8. The molecule has 0 bridgehead atoms. The number of hydrogen-bond acceptors (Lipinski definition) is 6. The molecule has 1 aromatic rings. The molecule has 0 radical (unpaired) electrons. The van der Waals surface area contributed by atoms with Crippen LogP contribution in [0.4, 0.5) is 0 Å². The van der Waals surface area contributed by atoms with Gasteiger partial charge in [-0.2, -0.15) is 5.26 Å². The first-order valence-corrected chi connectivity index (χ1v) is 7.69. The van der Waals surface area contributed by atoms with Crippen LogP contribution in [-0.2, 0) is 6.54 Å². The third kappa shape index (κ3) is 7.13. The van der Waals surface area contributed by atoms with Gasteiger partial charge in [0.25, 0.3) is 0 Å². The number of thioether (sulfide) groups is 1. The average molecular weight is 282 g/mol. The SMILES string of the molecule is CC(C)CNCCn1nnnc1SCCCCC#N. The van der Waals surface area contributed by atoms with E-state index >= 15 is 0 Å². The van der Waals surface area contributed by atoms with E-state index in [2.05, 4.69) is 40.8 Å². The van der Waals surface area contributed by atoms with Gasteiger partial charge < -0.3 is 5.32 Å². The van der Waals surface area contributed by atoms with Gasteiger partial charge in [-0.3, -0.25) is 0 Å². The summed E-state index contributed by atoms with van der Waals surface area (Å²) in [6.45, 7) is 7.06. The summed E-state index contributed by atoms with van der Waals surface area (Å²) in [6.07, 6.45) is 2.60. The van der Waals surface area contributed by atoms with Gasteiger partial charge in [0.15, 0.2) is 0 Å². The molecule has 0 aliphatic rings. The first kappa shape index (κ1) is 15.9. The minimum absolute atomic E-state index is 0.630. The molecule has 0 fully saturated rings. The maximum Gasteiger partial charge on any atom is 0.209 e. The molecule has 1 rings (SSSR count). The van der Waals surface area contributed by atoms with Crippen molar-refractivity contribution in [1.29, 1.82) is 5.26 Å². The molecule has 0 aliphatic carbocycles.